The van der Waals surface area contributed by atoms with Crippen molar-refractivity contribution in [2.75, 3.05) is 7.05 Å². The van der Waals surface area contributed by atoms with Gasteiger partial charge in [-0.25, -0.2) is 0 Å². The summed E-state index contributed by atoms with van der Waals surface area (Å²) in [6.07, 6.45) is -4.35. The van der Waals surface area contributed by atoms with Crippen LogP contribution in [0.2, 0.25) is 5.02 Å². The summed E-state index contributed by atoms with van der Waals surface area (Å²) < 4.78 is 39.3. The Hall–Kier alpha value is -0.790. The van der Waals surface area contributed by atoms with Gasteiger partial charge in [-0.1, -0.05) is 29.8 Å². The third-order valence-corrected chi connectivity index (χ3v) is 4.69. The fraction of sp³-hybridized carbons (Fsp3) is 0.200. The van der Waals surface area contributed by atoms with E-state index >= 15 is 0 Å². The lowest BCUT2D eigenvalue weighted by Crippen LogP contribution is -2.18. The van der Waals surface area contributed by atoms with Crippen molar-refractivity contribution in [3.63, 3.8) is 0 Å². The minimum absolute atomic E-state index is 0.346. The first-order chi connectivity index (χ1) is 9.82. The van der Waals surface area contributed by atoms with Gasteiger partial charge in [0.2, 0.25) is 0 Å². The molecule has 0 aromatic heterocycles. The molecule has 0 aliphatic heterocycles. The van der Waals surface area contributed by atoms with E-state index < -0.39 is 11.7 Å². The Morgan fingerprint density at radius 3 is 2.33 bits per heavy atom. The summed E-state index contributed by atoms with van der Waals surface area (Å²) in [5.41, 5.74) is 0.712. The van der Waals surface area contributed by atoms with Crippen LogP contribution in [0.4, 0.5) is 13.2 Å². The second-order valence-electron chi connectivity index (χ2n) is 4.52. The smallest absolute Gasteiger partial charge is 0.309 e. The predicted molar refractivity (Wildman–Crippen MR) is 86.5 cm³/mol. The van der Waals surface area contributed by atoms with Gasteiger partial charge in [0, 0.05) is 3.57 Å². The molecule has 0 saturated heterocycles. The van der Waals surface area contributed by atoms with Crippen LogP contribution in [0, 0.1) is 3.57 Å². The monoisotopic (exact) mass is 425 g/mol. The standard InChI is InChI=1S/C15H12ClF3IN/c1-21-14(10-5-6-13(20)12(16)8-10)9-3-2-4-11(7-9)15(17,18)19/h2-8,14,21H,1H3. The van der Waals surface area contributed by atoms with E-state index in [4.69, 9.17) is 11.6 Å². The fourth-order valence-corrected chi connectivity index (χ4v) is 2.64. The Balaban J connectivity index is 2.44. The highest BCUT2D eigenvalue weighted by Crippen LogP contribution is 2.33. The van der Waals surface area contributed by atoms with Gasteiger partial charge in [-0.2, -0.15) is 13.2 Å². The van der Waals surface area contributed by atoms with Gasteiger partial charge >= 0.3 is 6.18 Å². The molecule has 0 fully saturated rings. The molecule has 0 aliphatic rings. The number of benzene rings is 2. The zero-order valence-electron chi connectivity index (χ0n) is 11.0. The second kappa shape index (κ2) is 6.54. The van der Waals surface area contributed by atoms with Crippen LogP contribution in [-0.4, -0.2) is 7.05 Å². The Bertz CT molecular complexity index is 643. The molecule has 0 aliphatic carbocycles. The third-order valence-electron chi connectivity index (χ3n) is 3.11. The highest BCUT2D eigenvalue weighted by Gasteiger charge is 2.31. The van der Waals surface area contributed by atoms with Crippen molar-refractivity contribution in [2.24, 2.45) is 0 Å². The molecule has 0 radical (unpaired) electrons. The van der Waals surface area contributed by atoms with Gasteiger partial charge in [0.05, 0.1) is 16.6 Å². The normalized spacial score (nSPS) is 13.2. The van der Waals surface area contributed by atoms with E-state index in [1.54, 1.807) is 19.2 Å². The Morgan fingerprint density at radius 2 is 1.76 bits per heavy atom. The van der Waals surface area contributed by atoms with Crippen molar-refractivity contribution in [1.82, 2.24) is 5.32 Å². The van der Waals surface area contributed by atoms with E-state index in [-0.39, 0.29) is 6.04 Å². The van der Waals surface area contributed by atoms with E-state index in [0.29, 0.717) is 10.6 Å². The highest BCUT2D eigenvalue weighted by atomic mass is 127. The number of halogens is 5. The van der Waals surface area contributed by atoms with E-state index in [1.165, 1.54) is 6.07 Å². The molecule has 1 atom stereocenters. The third kappa shape index (κ3) is 3.90. The molecule has 0 bridgehead atoms. The summed E-state index contributed by atoms with van der Waals surface area (Å²) in [7, 11) is 1.71. The molecule has 6 heteroatoms. The predicted octanol–water partition coefficient (Wildman–Crippen LogP) is 5.27. The molecule has 1 N–H and O–H groups in total. The first kappa shape index (κ1) is 16.6. The van der Waals surface area contributed by atoms with Crippen LogP contribution in [-0.2, 0) is 6.18 Å². The van der Waals surface area contributed by atoms with Crippen LogP contribution in [0.25, 0.3) is 0 Å². The van der Waals surface area contributed by atoms with Gasteiger partial charge in [0.15, 0.2) is 0 Å². The number of hydrogen-bond acceptors (Lipinski definition) is 1. The van der Waals surface area contributed by atoms with Gasteiger partial charge in [-0.3, -0.25) is 0 Å². The largest absolute Gasteiger partial charge is 0.416 e. The van der Waals surface area contributed by atoms with Crippen molar-refractivity contribution >= 4 is 34.2 Å². The van der Waals surface area contributed by atoms with Crippen LogP contribution in [0.5, 0.6) is 0 Å². The first-order valence-electron chi connectivity index (χ1n) is 6.12. The molecular weight excluding hydrogens is 414 g/mol. The number of hydrogen-bond donors (Lipinski definition) is 1. The van der Waals surface area contributed by atoms with Gasteiger partial charge < -0.3 is 5.32 Å². The maximum absolute atomic E-state index is 12.8. The van der Waals surface area contributed by atoms with Crippen LogP contribution in [0.15, 0.2) is 42.5 Å². The molecule has 0 saturated carbocycles. The topological polar surface area (TPSA) is 12.0 Å². The van der Waals surface area contributed by atoms with E-state index in [1.807, 2.05) is 12.1 Å². The molecule has 112 valence electrons. The average molecular weight is 426 g/mol. The number of rotatable bonds is 3. The summed E-state index contributed by atoms with van der Waals surface area (Å²) in [6.45, 7) is 0. The molecule has 2 rings (SSSR count). The van der Waals surface area contributed by atoms with Crippen LogP contribution in [0.3, 0.4) is 0 Å². The summed E-state index contributed by atoms with van der Waals surface area (Å²) in [5, 5.41) is 3.62. The Labute approximate surface area is 139 Å². The van der Waals surface area contributed by atoms with E-state index in [2.05, 4.69) is 27.9 Å². The lowest BCUT2D eigenvalue weighted by molar-refractivity contribution is -0.137. The molecule has 1 nitrogen and oxygen atoms in total. The van der Waals surface area contributed by atoms with Crippen molar-refractivity contribution < 1.29 is 13.2 Å². The highest BCUT2D eigenvalue weighted by molar-refractivity contribution is 14.1. The lowest BCUT2D eigenvalue weighted by atomic mass is 9.97. The number of nitrogens with one attached hydrogen (secondary N) is 1. The van der Waals surface area contributed by atoms with E-state index in [9.17, 15) is 13.2 Å². The summed E-state index contributed by atoms with van der Waals surface area (Å²) in [5.74, 6) is 0. The Kier molecular flexibility index (Phi) is 5.16. The van der Waals surface area contributed by atoms with Gasteiger partial charge in [0.1, 0.15) is 0 Å². The first-order valence-corrected chi connectivity index (χ1v) is 7.58. The zero-order valence-corrected chi connectivity index (χ0v) is 13.9. The molecule has 2 aromatic carbocycles. The zero-order chi connectivity index (χ0) is 15.6. The van der Waals surface area contributed by atoms with Crippen LogP contribution >= 0.6 is 34.2 Å². The van der Waals surface area contributed by atoms with Gasteiger partial charge in [-0.05, 0) is 65.0 Å². The molecule has 21 heavy (non-hydrogen) atoms. The van der Waals surface area contributed by atoms with Crippen molar-refractivity contribution in [3.05, 3.63) is 67.7 Å². The Morgan fingerprint density at radius 1 is 1.10 bits per heavy atom. The summed E-state index contributed by atoms with van der Waals surface area (Å²) >= 11 is 8.20. The molecule has 0 spiro atoms. The molecule has 0 heterocycles. The maximum Gasteiger partial charge on any atom is 0.416 e. The minimum Gasteiger partial charge on any atom is -0.309 e. The molecular formula is C15H12ClF3IN. The van der Waals surface area contributed by atoms with Crippen molar-refractivity contribution in [2.45, 2.75) is 12.2 Å². The van der Waals surface area contributed by atoms with Crippen LogP contribution < -0.4 is 5.32 Å². The van der Waals surface area contributed by atoms with Crippen LogP contribution in [0.1, 0.15) is 22.7 Å². The van der Waals surface area contributed by atoms with Crippen molar-refractivity contribution in [3.8, 4) is 0 Å². The quantitative estimate of drug-likeness (QED) is 0.661. The summed E-state index contributed by atoms with van der Waals surface area (Å²) in [6, 6.07) is 10.4. The SMILES string of the molecule is CNC(c1cccc(C(F)(F)F)c1)c1ccc(I)c(Cl)c1. The fourth-order valence-electron chi connectivity index (χ4n) is 2.11. The minimum atomic E-state index is -4.35. The average Bonchev–Trinajstić information content (AvgIpc) is 2.43. The van der Waals surface area contributed by atoms with Gasteiger partial charge in [-0.15, -0.1) is 0 Å². The molecule has 1 unspecified atom stereocenters. The maximum atomic E-state index is 12.8. The lowest BCUT2D eigenvalue weighted by Gasteiger charge is -2.19. The molecule has 0 amide bonds. The van der Waals surface area contributed by atoms with Crippen molar-refractivity contribution in [1.29, 1.82) is 0 Å². The second-order valence-corrected chi connectivity index (χ2v) is 6.09. The summed E-state index contributed by atoms with van der Waals surface area (Å²) in [4.78, 5) is 0. The van der Waals surface area contributed by atoms with Gasteiger partial charge in [0.25, 0.3) is 0 Å². The molecule has 2 aromatic rings. The van der Waals surface area contributed by atoms with E-state index in [0.717, 1.165) is 21.3 Å². The number of alkyl halides is 3.